The summed E-state index contributed by atoms with van der Waals surface area (Å²) >= 11 is 6.02. The van der Waals surface area contributed by atoms with Crippen LogP contribution in [0.4, 0.5) is 0 Å². The number of nitrogens with zero attached hydrogens (tertiary/aromatic N) is 2. The summed E-state index contributed by atoms with van der Waals surface area (Å²) in [7, 11) is 0. The fourth-order valence-corrected chi connectivity index (χ4v) is 2.89. The first-order chi connectivity index (χ1) is 10.3. The Morgan fingerprint density at radius 3 is 2.81 bits per heavy atom. The van der Waals surface area contributed by atoms with Gasteiger partial charge in [-0.2, -0.15) is 0 Å². The number of aromatic nitrogens is 2. The van der Waals surface area contributed by atoms with E-state index in [-0.39, 0.29) is 0 Å². The molecule has 0 spiro atoms. The molecule has 2 nitrogen and oxygen atoms in total. The summed E-state index contributed by atoms with van der Waals surface area (Å²) in [5.74, 6) is 0. The highest BCUT2D eigenvalue weighted by Crippen LogP contribution is 2.21. The molecule has 0 saturated heterocycles. The molecule has 0 saturated carbocycles. The number of pyridine rings is 1. The maximum atomic E-state index is 6.02. The fourth-order valence-electron chi connectivity index (χ4n) is 2.73. The van der Waals surface area contributed by atoms with Gasteiger partial charge in [0.05, 0.1) is 10.5 Å². The maximum absolute atomic E-state index is 6.02. The molecule has 4 rings (SSSR count). The number of para-hydroxylation sites is 1. The summed E-state index contributed by atoms with van der Waals surface area (Å²) < 4.78 is 2.26. The summed E-state index contributed by atoms with van der Waals surface area (Å²) in [6, 6.07) is 18.9. The van der Waals surface area contributed by atoms with Crippen LogP contribution in [0.2, 0.25) is 5.02 Å². The van der Waals surface area contributed by atoms with Crippen LogP contribution >= 0.6 is 11.6 Å². The summed E-state index contributed by atoms with van der Waals surface area (Å²) in [5, 5.41) is 3.02. The Morgan fingerprint density at radius 1 is 0.952 bits per heavy atom. The van der Waals surface area contributed by atoms with E-state index >= 15 is 0 Å². The van der Waals surface area contributed by atoms with E-state index in [0.29, 0.717) is 5.02 Å². The molecule has 2 aromatic carbocycles. The van der Waals surface area contributed by atoms with E-state index in [1.807, 2.05) is 12.1 Å². The molecule has 102 valence electrons. The first kappa shape index (κ1) is 12.4. The van der Waals surface area contributed by atoms with Gasteiger partial charge >= 0.3 is 0 Å². The van der Waals surface area contributed by atoms with Gasteiger partial charge in [-0.15, -0.1) is 0 Å². The fraction of sp³-hybridized carbons (Fsp3) is 0.0556. The van der Waals surface area contributed by atoms with E-state index in [1.54, 1.807) is 6.20 Å². The van der Waals surface area contributed by atoms with Crippen molar-refractivity contribution >= 4 is 33.4 Å². The predicted octanol–water partition coefficient (Wildman–Crippen LogP) is 4.89. The molecule has 0 N–H and O–H groups in total. The molecule has 0 amide bonds. The monoisotopic (exact) mass is 292 g/mol. The predicted molar refractivity (Wildman–Crippen MR) is 87.8 cm³/mol. The Balaban J connectivity index is 1.76. The van der Waals surface area contributed by atoms with Crippen molar-refractivity contribution < 1.29 is 0 Å². The van der Waals surface area contributed by atoms with Crippen molar-refractivity contribution in [2.45, 2.75) is 6.54 Å². The van der Waals surface area contributed by atoms with Crippen molar-refractivity contribution in [1.82, 2.24) is 9.55 Å². The van der Waals surface area contributed by atoms with Gasteiger partial charge in [-0.05, 0) is 41.3 Å². The number of hydrogen-bond donors (Lipinski definition) is 0. The molecule has 21 heavy (non-hydrogen) atoms. The molecular weight excluding hydrogens is 280 g/mol. The molecule has 0 atom stereocenters. The van der Waals surface area contributed by atoms with Gasteiger partial charge in [0.25, 0.3) is 0 Å². The highest BCUT2D eigenvalue weighted by molar-refractivity contribution is 6.31. The van der Waals surface area contributed by atoms with Crippen LogP contribution in [0.15, 0.2) is 67.0 Å². The van der Waals surface area contributed by atoms with Crippen LogP contribution in [-0.4, -0.2) is 9.55 Å². The topological polar surface area (TPSA) is 17.8 Å². The summed E-state index contributed by atoms with van der Waals surface area (Å²) in [5.41, 5.74) is 3.47. The first-order valence-electron chi connectivity index (χ1n) is 6.88. The smallest absolute Gasteiger partial charge is 0.0703 e. The lowest BCUT2D eigenvalue weighted by Crippen LogP contribution is -1.97. The van der Waals surface area contributed by atoms with Crippen molar-refractivity contribution in [3.63, 3.8) is 0 Å². The van der Waals surface area contributed by atoms with E-state index in [9.17, 15) is 0 Å². The third kappa shape index (κ3) is 2.28. The third-order valence-electron chi connectivity index (χ3n) is 3.75. The minimum Gasteiger partial charge on any atom is -0.343 e. The lowest BCUT2D eigenvalue weighted by molar-refractivity contribution is 0.838. The second-order valence-electron chi connectivity index (χ2n) is 5.18. The second kappa shape index (κ2) is 4.90. The summed E-state index contributed by atoms with van der Waals surface area (Å²) in [6.07, 6.45) is 3.81. The molecule has 2 heterocycles. The van der Waals surface area contributed by atoms with E-state index in [0.717, 1.165) is 17.4 Å². The van der Waals surface area contributed by atoms with Gasteiger partial charge in [-0.1, -0.05) is 35.9 Å². The van der Waals surface area contributed by atoms with E-state index in [1.165, 1.54) is 16.5 Å². The van der Waals surface area contributed by atoms with Crippen LogP contribution in [0.5, 0.6) is 0 Å². The summed E-state index contributed by atoms with van der Waals surface area (Å²) in [6.45, 7) is 0.843. The van der Waals surface area contributed by atoms with Crippen LogP contribution in [0.3, 0.4) is 0 Å². The molecule has 0 aliphatic heterocycles. The average molecular weight is 293 g/mol. The lowest BCUT2D eigenvalue weighted by atomic mass is 10.1. The van der Waals surface area contributed by atoms with Gasteiger partial charge in [0.2, 0.25) is 0 Å². The number of rotatable bonds is 2. The SMILES string of the molecule is Clc1cnc2ccc(Cn3ccc4ccccc43)cc2c1. The minimum absolute atomic E-state index is 0.672. The van der Waals surface area contributed by atoms with E-state index in [4.69, 9.17) is 11.6 Å². The Morgan fingerprint density at radius 2 is 1.86 bits per heavy atom. The number of fused-ring (bicyclic) bond motifs is 2. The minimum atomic E-state index is 0.672. The quantitative estimate of drug-likeness (QED) is 0.514. The second-order valence-corrected chi connectivity index (χ2v) is 5.62. The molecular formula is C18H13ClN2. The van der Waals surface area contributed by atoms with Crippen molar-refractivity contribution in [3.8, 4) is 0 Å². The van der Waals surface area contributed by atoms with Crippen molar-refractivity contribution in [2.75, 3.05) is 0 Å². The van der Waals surface area contributed by atoms with E-state index in [2.05, 4.69) is 58.2 Å². The van der Waals surface area contributed by atoms with Gasteiger partial charge in [-0.25, -0.2) is 0 Å². The zero-order valence-corrected chi connectivity index (χ0v) is 12.1. The largest absolute Gasteiger partial charge is 0.343 e. The van der Waals surface area contributed by atoms with Crippen molar-refractivity contribution in [1.29, 1.82) is 0 Å². The molecule has 3 heteroatoms. The van der Waals surface area contributed by atoms with Gasteiger partial charge in [0, 0.05) is 29.8 Å². The lowest BCUT2D eigenvalue weighted by Gasteiger charge is -2.07. The molecule has 4 aromatic rings. The van der Waals surface area contributed by atoms with Gasteiger partial charge in [-0.3, -0.25) is 4.98 Å². The number of hydrogen-bond acceptors (Lipinski definition) is 1. The van der Waals surface area contributed by atoms with Crippen LogP contribution in [0.1, 0.15) is 5.56 Å². The Bertz CT molecular complexity index is 940. The molecule has 0 aliphatic carbocycles. The van der Waals surface area contributed by atoms with E-state index < -0.39 is 0 Å². The average Bonchev–Trinajstić information content (AvgIpc) is 2.90. The number of benzene rings is 2. The van der Waals surface area contributed by atoms with Gasteiger partial charge in [0.1, 0.15) is 0 Å². The normalized spacial score (nSPS) is 11.3. The van der Waals surface area contributed by atoms with Crippen LogP contribution in [-0.2, 0) is 6.54 Å². The van der Waals surface area contributed by atoms with Gasteiger partial charge in [0.15, 0.2) is 0 Å². The zero-order valence-electron chi connectivity index (χ0n) is 11.3. The number of halogens is 1. The van der Waals surface area contributed by atoms with Crippen molar-refractivity contribution in [3.05, 3.63) is 77.6 Å². The molecule has 0 radical (unpaired) electrons. The third-order valence-corrected chi connectivity index (χ3v) is 3.95. The highest BCUT2D eigenvalue weighted by Gasteiger charge is 2.03. The van der Waals surface area contributed by atoms with Gasteiger partial charge < -0.3 is 4.57 Å². The molecule has 0 fully saturated rings. The highest BCUT2D eigenvalue weighted by atomic mass is 35.5. The van der Waals surface area contributed by atoms with Crippen LogP contribution in [0, 0.1) is 0 Å². The molecule has 0 aliphatic rings. The Kier molecular flexibility index (Phi) is 2.90. The molecule has 0 bridgehead atoms. The van der Waals surface area contributed by atoms with Crippen LogP contribution in [0.25, 0.3) is 21.8 Å². The molecule has 2 aromatic heterocycles. The Hall–Kier alpha value is -2.32. The Labute approximate surface area is 127 Å². The first-order valence-corrected chi connectivity index (χ1v) is 7.25. The molecule has 0 unspecified atom stereocenters. The van der Waals surface area contributed by atoms with Crippen LogP contribution < -0.4 is 0 Å². The summed E-state index contributed by atoms with van der Waals surface area (Å²) in [4.78, 5) is 4.33. The zero-order chi connectivity index (χ0) is 14.2. The maximum Gasteiger partial charge on any atom is 0.0703 e. The van der Waals surface area contributed by atoms with Crippen molar-refractivity contribution in [2.24, 2.45) is 0 Å². The standard InChI is InChI=1S/C18H13ClN2/c19-16-10-15-9-13(5-6-17(15)20-11-16)12-21-8-7-14-3-1-2-4-18(14)21/h1-11H,12H2.